The molecule has 0 aromatic carbocycles. The number of aromatic nitrogens is 1. The Labute approximate surface area is 96.1 Å². The second-order valence-electron chi connectivity index (χ2n) is 4.80. The zero-order valence-electron chi connectivity index (χ0n) is 9.84. The summed E-state index contributed by atoms with van der Waals surface area (Å²) >= 11 is 1.79. The van der Waals surface area contributed by atoms with E-state index in [2.05, 4.69) is 36.5 Å². The van der Waals surface area contributed by atoms with Crippen molar-refractivity contribution in [2.45, 2.75) is 45.6 Å². The van der Waals surface area contributed by atoms with E-state index >= 15 is 0 Å². The van der Waals surface area contributed by atoms with E-state index in [1.54, 1.807) is 11.3 Å². The summed E-state index contributed by atoms with van der Waals surface area (Å²) in [5.74, 6) is 0.929. The summed E-state index contributed by atoms with van der Waals surface area (Å²) in [4.78, 5) is 4.64. The number of aryl methyl sites for hydroxylation is 1. The lowest BCUT2D eigenvalue weighted by molar-refractivity contribution is 0.328. The molecular formula is C12H20N2S. The minimum Gasteiger partial charge on any atom is -0.306 e. The summed E-state index contributed by atoms with van der Waals surface area (Å²) in [7, 11) is 0. The Morgan fingerprint density at radius 1 is 1.60 bits per heavy atom. The predicted molar refractivity (Wildman–Crippen MR) is 65.2 cm³/mol. The number of hydrogen-bond acceptors (Lipinski definition) is 3. The molecular weight excluding hydrogens is 204 g/mol. The molecule has 84 valence electrons. The van der Waals surface area contributed by atoms with Crippen LogP contribution in [0.2, 0.25) is 0 Å². The van der Waals surface area contributed by atoms with Crippen molar-refractivity contribution in [2.24, 2.45) is 5.92 Å². The van der Waals surface area contributed by atoms with Gasteiger partial charge in [-0.25, -0.2) is 4.98 Å². The molecule has 1 fully saturated rings. The Morgan fingerprint density at radius 3 is 2.80 bits per heavy atom. The van der Waals surface area contributed by atoms with Crippen LogP contribution in [0.25, 0.3) is 0 Å². The first-order valence-corrected chi connectivity index (χ1v) is 6.69. The first-order valence-electron chi connectivity index (χ1n) is 5.81. The molecule has 0 spiro atoms. The quantitative estimate of drug-likeness (QED) is 0.831. The maximum Gasteiger partial charge on any atom is 0.113 e. The van der Waals surface area contributed by atoms with E-state index in [9.17, 15) is 0 Å². The maximum atomic E-state index is 4.64. The van der Waals surface area contributed by atoms with Gasteiger partial charge in [-0.15, -0.1) is 11.3 Å². The van der Waals surface area contributed by atoms with Gasteiger partial charge in [0, 0.05) is 11.1 Å². The van der Waals surface area contributed by atoms with Crippen molar-refractivity contribution >= 4 is 11.3 Å². The van der Waals surface area contributed by atoms with Crippen LogP contribution in [0.5, 0.6) is 0 Å². The van der Waals surface area contributed by atoms with Crippen LogP contribution < -0.4 is 5.32 Å². The van der Waals surface area contributed by atoms with Crippen LogP contribution >= 0.6 is 11.3 Å². The van der Waals surface area contributed by atoms with Gasteiger partial charge in [0.15, 0.2) is 0 Å². The summed E-state index contributed by atoms with van der Waals surface area (Å²) in [6.07, 6.45) is 4.06. The van der Waals surface area contributed by atoms with Crippen LogP contribution in [0, 0.1) is 12.8 Å². The molecule has 2 nitrogen and oxygen atoms in total. The largest absolute Gasteiger partial charge is 0.306 e. The number of rotatable bonds is 5. The molecule has 1 unspecified atom stereocenters. The Hall–Kier alpha value is -0.410. The predicted octanol–water partition coefficient (Wildman–Crippen LogP) is 3.08. The van der Waals surface area contributed by atoms with Crippen molar-refractivity contribution in [3.8, 4) is 0 Å². The summed E-state index contributed by atoms with van der Waals surface area (Å²) in [6.45, 7) is 7.56. The third-order valence-electron chi connectivity index (χ3n) is 3.05. The lowest BCUT2D eigenvalue weighted by atomic mass is 9.95. The van der Waals surface area contributed by atoms with Crippen LogP contribution in [-0.4, -0.2) is 11.5 Å². The van der Waals surface area contributed by atoms with Gasteiger partial charge in [0.1, 0.15) is 5.01 Å². The Bertz CT molecular complexity index is 330. The van der Waals surface area contributed by atoms with Crippen molar-refractivity contribution < 1.29 is 0 Å². The van der Waals surface area contributed by atoms with Crippen LogP contribution in [0.4, 0.5) is 0 Å². The van der Waals surface area contributed by atoms with Gasteiger partial charge in [0.2, 0.25) is 0 Å². The van der Waals surface area contributed by atoms with Gasteiger partial charge in [0.05, 0.1) is 5.54 Å². The number of nitrogens with one attached hydrogen (secondary N) is 1. The van der Waals surface area contributed by atoms with Gasteiger partial charge in [-0.05, 0) is 32.7 Å². The second-order valence-corrected chi connectivity index (χ2v) is 5.66. The summed E-state index contributed by atoms with van der Waals surface area (Å²) in [5, 5.41) is 7.02. The van der Waals surface area contributed by atoms with Crippen molar-refractivity contribution in [3.63, 3.8) is 0 Å². The molecule has 1 atom stereocenters. The molecule has 1 aliphatic rings. The maximum absolute atomic E-state index is 4.64. The highest BCUT2D eigenvalue weighted by atomic mass is 32.1. The Kier molecular flexibility index (Phi) is 3.12. The Morgan fingerprint density at radius 2 is 2.33 bits per heavy atom. The highest BCUT2D eigenvalue weighted by molar-refractivity contribution is 7.09. The monoisotopic (exact) mass is 224 g/mol. The standard InChI is InChI=1S/C12H20N2S/c1-4-13-12(3,7-10-5-6-10)11-14-9(2)8-15-11/h8,10,13H,4-7H2,1-3H3. The van der Waals surface area contributed by atoms with E-state index in [1.165, 1.54) is 24.3 Å². The molecule has 0 saturated heterocycles. The van der Waals surface area contributed by atoms with E-state index < -0.39 is 0 Å². The molecule has 1 heterocycles. The van der Waals surface area contributed by atoms with Gasteiger partial charge in [-0.2, -0.15) is 0 Å². The average Bonchev–Trinajstić information content (AvgIpc) is 2.85. The molecule has 1 aromatic heterocycles. The SMILES string of the molecule is CCNC(C)(CC1CC1)c1nc(C)cs1. The van der Waals surface area contributed by atoms with E-state index in [-0.39, 0.29) is 5.54 Å². The number of nitrogens with zero attached hydrogens (tertiary/aromatic N) is 1. The zero-order valence-corrected chi connectivity index (χ0v) is 10.7. The number of hydrogen-bond donors (Lipinski definition) is 1. The molecule has 0 aliphatic heterocycles. The molecule has 0 radical (unpaired) electrons. The minimum atomic E-state index is 0.106. The summed E-state index contributed by atoms with van der Waals surface area (Å²) in [5.41, 5.74) is 1.25. The fourth-order valence-corrected chi connectivity index (χ4v) is 3.08. The normalized spacial score (nSPS) is 20.2. The van der Waals surface area contributed by atoms with Crippen LogP contribution in [0.15, 0.2) is 5.38 Å². The molecule has 1 aromatic rings. The minimum absolute atomic E-state index is 0.106. The highest BCUT2D eigenvalue weighted by Crippen LogP contribution is 2.41. The topological polar surface area (TPSA) is 24.9 Å². The first-order chi connectivity index (χ1) is 7.14. The van der Waals surface area contributed by atoms with Crippen molar-refractivity contribution in [3.05, 3.63) is 16.1 Å². The molecule has 3 heteroatoms. The van der Waals surface area contributed by atoms with Gasteiger partial charge < -0.3 is 5.32 Å². The van der Waals surface area contributed by atoms with Crippen molar-refractivity contribution in [1.82, 2.24) is 10.3 Å². The summed E-state index contributed by atoms with van der Waals surface area (Å²) < 4.78 is 0. The van der Waals surface area contributed by atoms with E-state index in [4.69, 9.17) is 0 Å². The van der Waals surface area contributed by atoms with Crippen molar-refractivity contribution in [1.29, 1.82) is 0 Å². The smallest absolute Gasteiger partial charge is 0.113 e. The third kappa shape index (κ3) is 2.58. The van der Waals surface area contributed by atoms with Crippen LogP contribution in [-0.2, 0) is 5.54 Å². The van der Waals surface area contributed by atoms with Gasteiger partial charge in [-0.1, -0.05) is 19.8 Å². The third-order valence-corrected chi connectivity index (χ3v) is 4.28. The molecule has 1 N–H and O–H groups in total. The fraction of sp³-hybridized carbons (Fsp3) is 0.750. The van der Waals surface area contributed by atoms with E-state index in [1.807, 2.05) is 0 Å². The van der Waals surface area contributed by atoms with Gasteiger partial charge in [-0.3, -0.25) is 0 Å². The van der Waals surface area contributed by atoms with E-state index in [0.717, 1.165) is 18.2 Å². The molecule has 2 rings (SSSR count). The lowest BCUT2D eigenvalue weighted by Crippen LogP contribution is -2.39. The first kappa shape index (κ1) is 11.1. The van der Waals surface area contributed by atoms with Crippen molar-refractivity contribution in [2.75, 3.05) is 6.54 Å². The lowest BCUT2D eigenvalue weighted by Gasteiger charge is -2.28. The van der Waals surface area contributed by atoms with Crippen LogP contribution in [0.1, 0.15) is 43.8 Å². The fourth-order valence-electron chi connectivity index (χ4n) is 2.13. The molecule has 1 aliphatic carbocycles. The average molecular weight is 224 g/mol. The van der Waals surface area contributed by atoms with Gasteiger partial charge >= 0.3 is 0 Å². The molecule has 15 heavy (non-hydrogen) atoms. The Balaban J connectivity index is 2.15. The van der Waals surface area contributed by atoms with Crippen LogP contribution in [0.3, 0.4) is 0 Å². The highest BCUT2D eigenvalue weighted by Gasteiger charge is 2.35. The summed E-state index contributed by atoms with van der Waals surface area (Å²) in [6, 6.07) is 0. The molecule has 0 amide bonds. The van der Waals surface area contributed by atoms with E-state index in [0.29, 0.717) is 0 Å². The van der Waals surface area contributed by atoms with Gasteiger partial charge in [0.25, 0.3) is 0 Å². The molecule has 1 saturated carbocycles. The zero-order chi connectivity index (χ0) is 10.9. The molecule has 0 bridgehead atoms. The second kappa shape index (κ2) is 4.22. The number of thiazole rings is 1.